The number of aliphatic hydroxyl groups is 1. The Balaban J connectivity index is 2.71. The molecule has 0 spiro atoms. The van der Waals surface area contributed by atoms with E-state index in [9.17, 15) is 9.90 Å². The van der Waals surface area contributed by atoms with E-state index in [1.807, 2.05) is 13.8 Å². The summed E-state index contributed by atoms with van der Waals surface area (Å²) in [5.41, 5.74) is -0.587. The highest BCUT2D eigenvalue weighted by Crippen LogP contribution is 2.12. The van der Waals surface area contributed by atoms with Crippen LogP contribution in [-0.4, -0.2) is 23.2 Å². The van der Waals surface area contributed by atoms with Crippen molar-refractivity contribution in [3.8, 4) is 0 Å². The number of amides is 1. The molecule has 0 saturated carbocycles. The van der Waals surface area contributed by atoms with Crippen LogP contribution in [0, 0.1) is 0 Å². The summed E-state index contributed by atoms with van der Waals surface area (Å²) in [5, 5.41) is 12.0. The zero-order valence-electron chi connectivity index (χ0n) is 10.0. The number of furan rings is 1. The van der Waals surface area contributed by atoms with E-state index < -0.39 is 5.54 Å². The summed E-state index contributed by atoms with van der Waals surface area (Å²) >= 11 is 0. The lowest BCUT2D eigenvalue weighted by Gasteiger charge is -2.26. The number of carbonyl (C=O) groups is 1. The van der Waals surface area contributed by atoms with Gasteiger partial charge in [0.15, 0.2) is 5.76 Å². The van der Waals surface area contributed by atoms with Crippen LogP contribution in [0.1, 0.15) is 43.5 Å². The number of aliphatic hydroxyl groups excluding tert-OH is 1. The molecular weight excluding hydrogens is 206 g/mol. The first kappa shape index (κ1) is 12.8. The average Bonchev–Trinajstić information content (AvgIpc) is 2.77. The fraction of sp³-hybridized carbons (Fsp3) is 0.583. The first-order valence-corrected chi connectivity index (χ1v) is 5.56. The van der Waals surface area contributed by atoms with E-state index in [1.54, 1.807) is 19.1 Å². The van der Waals surface area contributed by atoms with Gasteiger partial charge < -0.3 is 14.8 Å². The van der Waals surface area contributed by atoms with Gasteiger partial charge in [0.2, 0.25) is 0 Å². The van der Waals surface area contributed by atoms with Crippen molar-refractivity contribution in [2.45, 2.75) is 39.2 Å². The number of carbonyl (C=O) groups excluding carboxylic acids is 1. The summed E-state index contributed by atoms with van der Waals surface area (Å²) in [6.45, 7) is 5.59. The lowest BCUT2D eigenvalue weighted by molar-refractivity contribution is 0.0818. The van der Waals surface area contributed by atoms with Gasteiger partial charge in [-0.05, 0) is 25.5 Å². The predicted octanol–water partition coefficient (Wildman–Crippen LogP) is 1.73. The third kappa shape index (κ3) is 2.85. The minimum Gasteiger partial charge on any atom is -0.456 e. The zero-order valence-corrected chi connectivity index (χ0v) is 10.0. The van der Waals surface area contributed by atoms with Gasteiger partial charge in [-0.2, -0.15) is 0 Å². The first-order chi connectivity index (χ1) is 7.54. The molecule has 0 aromatic carbocycles. The second-order valence-corrected chi connectivity index (χ2v) is 4.15. The molecule has 90 valence electrons. The minimum absolute atomic E-state index is 0.0867. The molecule has 1 aromatic heterocycles. The predicted molar refractivity (Wildman–Crippen MR) is 61.3 cm³/mol. The fourth-order valence-electron chi connectivity index (χ4n) is 1.27. The zero-order chi connectivity index (χ0) is 12.2. The smallest absolute Gasteiger partial charge is 0.287 e. The molecule has 0 saturated heterocycles. The largest absolute Gasteiger partial charge is 0.456 e. The quantitative estimate of drug-likeness (QED) is 0.802. The Kier molecular flexibility index (Phi) is 4.12. The summed E-state index contributed by atoms with van der Waals surface area (Å²) < 4.78 is 5.34. The molecule has 0 aliphatic rings. The lowest BCUT2D eigenvalue weighted by Crippen LogP contribution is -2.48. The maximum Gasteiger partial charge on any atom is 0.287 e. The standard InChI is InChI=1S/C12H19NO3/c1-4-9-6-7-10(16-9)11(15)13-12(3,5-2)8-14/h6-7,14H,4-5,8H2,1-3H3,(H,13,15). The van der Waals surface area contributed by atoms with Gasteiger partial charge in [0.05, 0.1) is 12.1 Å². The van der Waals surface area contributed by atoms with Crippen LogP contribution in [0.15, 0.2) is 16.5 Å². The monoisotopic (exact) mass is 225 g/mol. The molecule has 0 fully saturated rings. The van der Waals surface area contributed by atoms with Gasteiger partial charge in [0.1, 0.15) is 5.76 Å². The second kappa shape index (κ2) is 5.16. The second-order valence-electron chi connectivity index (χ2n) is 4.15. The van der Waals surface area contributed by atoms with Crippen molar-refractivity contribution in [1.82, 2.24) is 5.32 Å². The van der Waals surface area contributed by atoms with Crippen LogP contribution in [0.3, 0.4) is 0 Å². The van der Waals surface area contributed by atoms with Crippen LogP contribution in [-0.2, 0) is 6.42 Å². The van der Waals surface area contributed by atoms with Crippen LogP contribution >= 0.6 is 0 Å². The Bertz CT molecular complexity index is 353. The van der Waals surface area contributed by atoms with E-state index in [-0.39, 0.29) is 12.5 Å². The average molecular weight is 225 g/mol. The van der Waals surface area contributed by atoms with Crippen LogP contribution in [0.25, 0.3) is 0 Å². The molecule has 1 aromatic rings. The Hall–Kier alpha value is -1.29. The SMILES string of the molecule is CCc1ccc(C(=O)NC(C)(CC)CO)o1. The molecule has 0 bridgehead atoms. The van der Waals surface area contributed by atoms with E-state index in [0.717, 1.165) is 12.2 Å². The third-order valence-electron chi connectivity index (χ3n) is 2.78. The van der Waals surface area contributed by atoms with E-state index >= 15 is 0 Å². The third-order valence-corrected chi connectivity index (χ3v) is 2.78. The molecule has 1 amide bonds. The molecule has 16 heavy (non-hydrogen) atoms. The number of hydrogen-bond donors (Lipinski definition) is 2. The van der Waals surface area contributed by atoms with Crippen LogP contribution in [0.4, 0.5) is 0 Å². The van der Waals surface area contributed by atoms with Crippen molar-refractivity contribution in [1.29, 1.82) is 0 Å². The van der Waals surface area contributed by atoms with Crippen molar-refractivity contribution in [3.63, 3.8) is 0 Å². The van der Waals surface area contributed by atoms with Gasteiger partial charge in [-0.1, -0.05) is 13.8 Å². The molecular formula is C12H19NO3. The van der Waals surface area contributed by atoms with Crippen molar-refractivity contribution in [3.05, 3.63) is 23.7 Å². The van der Waals surface area contributed by atoms with Crippen LogP contribution < -0.4 is 5.32 Å². The highest BCUT2D eigenvalue weighted by molar-refractivity contribution is 5.92. The summed E-state index contributed by atoms with van der Waals surface area (Å²) in [6, 6.07) is 3.44. The topological polar surface area (TPSA) is 62.5 Å². The molecule has 1 unspecified atom stereocenters. The molecule has 1 heterocycles. The first-order valence-electron chi connectivity index (χ1n) is 5.56. The number of aryl methyl sites for hydroxylation is 1. The minimum atomic E-state index is -0.587. The molecule has 0 radical (unpaired) electrons. The van der Waals surface area contributed by atoms with Gasteiger partial charge in [-0.3, -0.25) is 4.79 Å². The van der Waals surface area contributed by atoms with E-state index in [1.165, 1.54) is 0 Å². The van der Waals surface area contributed by atoms with Gasteiger partial charge in [0, 0.05) is 6.42 Å². The number of rotatable bonds is 5. The Morgan fingerprint density at radius 1 is 1.50 bits per heavy atom. The Labute approximate surface area is 95.7 Å². The van der Waals surface area contributed by atoms with Crippen LogP contribution in [0.5, 0.6) is 0 Å². The summed E-state index contributed by atoms with van der Waals surface area (Å²) in [7, 11) is 0. The number of nitrogens with one attached hydrogen (secondary N) is 1. The van der Waals surface area contributed by atoms with Gasteiger partial charge in [-0.15, -0.1) is 0 Å². The van der Waals surface area contributed by atoms with Crippen LogP contribution in [0.2, 0.25) is 0 Å². The molecule has 0 aliphatic carbocycles. The van der Waals surface area contributed by atoms with E-state index in [4.69, 9.17) is 4.42 Å². The lowest BCUT2D eigenvalue weighted by atomic mass is 10.0. The molecule has 2 N–H and O–H groups in total. The van der Waals surface area contributed by atoms with Gasteiger partial charge in [-0.25, -0.2) is 0 Å². The maximum atomic E-state index is 11.8. The van der Waals surface area contributed by atoms with E-state index in [2.05, 4.69) is 5.32 Å². The maximum absolute atomic E-state index is 11.8. The fourth-order valence-corrected chi connectivity index (χ4v) is 1.27. The highest BCUT2D eigenvalue weighted by Gasteiger charge is 2.25. The van der Waals surface area contributed by atoms with Gasteiger partial charge >= 0.3 is 0 Å². The number of hydrogen-bond acceptors (Lipinski definition) is 3. The summed E-state index contributed by atoms with van der Waals surface area (Å²) in [4.78, 5) is 11.8. The summed E-state index contributed by atoms with van der Waals surface area (Å²) in [6.07, 6.45) is 1.43. The molecule has 1 atom stereocenters. The van der Waals surface area contributed by atoms with Crippen molar-refractivity contribution < 1.29 is 14.3 Å². The molecule has 4 nitrogen and oxygen atoms in total. The Morgan fingerprint density at radius 3 is 2.62 bits per heavy atom. The van der Waals surface area contributed by atoms with Crippen molar-refractivity contribution in [2.24, 2.45) is 0 Å². The summed E-state index contributed by atoms with van der Waals surface area (Å²) in [5.74, 6) is 0.801. The van der Waals surface area contributed by atoms with Gasteiger partial charge in [0.25, 0.3) is 5.91 Å². The molecule has 0 aliphatic heterocycles. The molecule has 4 heteroatoms. The highest BCUT2D eigenvalue weighted by atomic mass is 16.3. The van der Waals surface area contributed by atoms with Crippen molar-refractivity contribution in [2.75, 3.05) is 6.61 Å². The molecule has 1 rings (SSSR count). The van der Waals surface area contributed by atoms with Crippen molar-refractivity contribution >= 4 is 5.91 Å². The Morgan fingerprint density at radius 2 is 2.19 bits per heavy atom. The van der Waals surface area contributed by atoms with E-state index in [0.29, 0.717) is 12.2 Å². The normalized spacial score (nSPS) is 14.5.